The van der Waals surface area contributed by atoms with Crippen LogP contribution in [0.1, 0.15) is 16.7 Å². The van der Waals surface area contributed by atoms with Gasteiger partial charge in [-0.1, -0.05) is 39.7 Å². The highest BCUT2D eigenvalue weighted by atomic mass is 79.9. The second-order valence-electron chi connectivity index (χ2n) is 6.79. The van der Waals surface area contributed by atoms with Crippen molar-refractivity contribution in [1.82, 2.24) is 0 Å². The lowest BCUT2D eigenvalue weighted by Crippen LogP contribution is -2.05. The molecule has 0 saturated carbocycles. The van der Waals surface area contributed by atoms with Crippen LogP contribution in [0.15, 0.2) is 80.3 Å². The van der Waals surface area contributed by atoms with E-state index in [-0.39, 0.29) is 11.6 Å². The summed E-state index contributed by atoms with van der Waals surface area (Å²) < 4.78 is 18.4. The predicted octanol–water partition coefficient (Wildman–Crippen LogP) is 6.80. The number of carbonyl (C=O) groups is 1. The average Bonchev–Trinajstić information content (AvgIpc) is 3.14. The quantitative estimate of drug-likeness (QED) is 0.239. The number of esters is 1. The summed E-state index contributed by atoms with van der Waals surface area (Å²) in [5.41, 5.74) is 2.60. The highest BCUT2D eigenvalue weighted by molar-refractivity contribution is 9.10. The van der Waals surface area contributed by atoms with Gasteiger partial charge >= 0.3 is 5.97 Å². The van der Waals surface area contributed by atoms with Crippen molar-refractivity contribution in [2.45, 2.75) is 6.61 Å². The number of nitrogens with zero attached hydrogens (tertiary/aromatic N) is 1. The van der Waals surface area contributed by atoms with Gasteiger partial charge in [-0.15, -0.1) is 0 Å². The zero-order valence-electron chi connectivity index (χ0n) is 16.8. The molecule has 0 bridgehead atoms. The van der Waals surface area contributed by atoms with Crippen LogP contribution in [0, 0.1) is 0 Å². The molecule has 1 heterocycles. The standard InChI is InChI=1S/C24H16Br2ClNO4/c1-30-21-12-15(10-19(26)22(21)31-13-14-2-8-18(27)9-3-14)11-20-24(29)32-23(28-20)16-4-6-17(25)7-5-16/h2-12H,13H2,1H3/b20-11-. The number of hydrogen-bond acceptors (Lipinski definition) is 5. The third-order valence-corrected chi connectivity index (χ3v) is 5.93. The molecule has 0 atom stereocenters. The molecule has 0 amide bonds. The number of hydrogen-bond donors (Lipinski definition) is 0. The molecular formula is C24H16Br2ClNO4. The summed E-state index contributed by atoms with van der Waals surface area (Å²) in [6, 6.07) is 18.4. The Labute approximate surface area is 206 Å². The fourth-order valence-corrected chi connectivity index (χ4v) is 3.95. The van der Waals surface area contributed by atoms with Crippen molar-refractivity contribution in [2.24, 2.45) is 4.99 Å². The maximum atomic E-state index is 12.3. The number of halogens is 3. The molecule has 1 aliphatic heterocycles. The van der Waals surface area contributed by atoms with Gasteiger partial charge in [0.05, 0.1) is 11.6 Å². The van der Waals surface area contributed by atoms with E-state index in [2.05, 4.69) is 36.9 Å². The number of rotatable bonds is 6. The predicted molar refractivity (Wildman–Crippen MR) is 131 cm³/mol. The van der Waals surface area contributed by atoms with Crippen LogP contribution in [0.25, 0.3) is 6.08 Å². The molecule has 4 rings (SSSR count). The zero-order chi connectivity index (χ0) is 22.7. The highest BCUT2D eigenvalue weighted by Crippen LogP contribution is 2.38. The molecule has 1 aliphatic rings. The van der Waals surface area contributed by atoms with E-state index in [4.69, 9.17) is 25.8 Å². The van der Waals surface area contributed by atoms with Gasteiger partial charge in [0.2, 0.25) is 5.90 Å². The van der Waals surface area contributed by atoms with Gasteiger partial charge in [0, 0.05) is 15.1 Å². The molecule has 0 aromatic heterocycles. The van der Waals surface area contributed by atoms with E-state index in [1.807, 2.05) is 54.6 Å². The fraction of sp³-hybridized carbons (Fsp3) is 0.0833. The first-order chi connectivity index (χ1) is 15.4. The molecule has 0 spiro atoms. The second kappa shape index (κ2) is 9.90. The van der Waals surface area contributed by atoms with Crippen LogP contribution in [0.5, 0.6) is 11.5 Å². The minimum atomic E-state index is -0.513. The Morgan fingerprint density at radius 3 is 2.47 bits per heavy atom. The van der Waals surface area contributed by atoms with Crippen molar-refractivity contribution in [2.75, 3.05) is 7.11 Å². The van der Waals surface area contributed by atoms with E-state index >= 15 is 0 Å². The molecule has 0 unspecified atom stereocenters. The summed E-state index contributed by atoms with van der Waals surface area (Å²) in [7, 11) is 1.56. The molecule has 5 nitrogen and oxygen atoms in total. The van der Waals surface area contributed by atoms with E-state index in [0.29, 0.717) is 33.2 Å². The SMILES string of the molecule is COc1cc(/C=C2\N=C(c3ccc(Br)cc3)OC2=O)cc(Br)c1OCc1ccc(Cl)cc1. The Hall–Kier alpha value is -2.61. The van der Waals surface area contributed by atoms with E-state index < -0.39 is 5.97 Å². The van der Waals surface area contributed by atoms with Crippen LogP contribution < -0.4 is 9.47 Å². The Morgan fingerprint density at radius 2 is 1.78 bits per heavy atom. The highest BCUT2D eigenvalue weighted by Gasteiger charge is 2.24. The van der Waals surface area contributed by atoms with Crippen LogP contribution >= 0.6 is 43.5 Å². The first-order valence-corrected chi connectivity index (χ1v) is 11.4. The lowest BCUT2D eigenvalue weighted by molar-refractivity contribution is -0.129. The minimum Gasteiger partial charge on any atom is -0.493 e. The minimum absolute atomic E-state index is 0.201. The molecule has 0 fully saturated rings. The Morgan fingerprint density at radius 1 is 1.06 bits per heavy atom. The van der Waals surface area contributed by atoms with E-state index in [1.165, 1.54) is 0 Å². The average molecular weight is 578 g/mol. The van der Waals surface area contributed by atoms with Crippen LogP contribution in [0.2, 0.25) is 5.02 Å². The van der Waals surface area contributed by atoms with Crippen LogP contribution in [0.4, 0.5) is 0 Å². The van der Waals surface area contributed by atoms with Gasteiger partial charge in [0.15, 0.2) is 17.2 Å². The maximum absolute atomic E-state index is 12.3. The normalized spacial score (nSPS) is 14.3. The number of methoxy groups -OCH3 is 1. The molecule has 162 valence electrons. The molecule has 8 heteroatoms. The fourth-order valence-electron chi connectivity index (χ4n) is 2.98. The van der Waals surface area contributed by atoms with E-state index in [1.54, 1.807) is 19.3 Å². The lowest BCUT2D eigenvalue weighted by atomic mass is 10.1. The van der Waals surface area contributed by atoms with Crippen molar-refractivity contribution in [3.8, 4) is 11.5 Å². The van der Waals surface area contributed by atoms with Gasteiger partial charge in [0.25, 0.3) is 0 Å². The molecule has 0 N–H and O–H groups in total. The molecule has 32 heavy (non-hydrogen) atoms. The molecule has 0 radical (unpaired) electrons. The van der Waals surface area contributed by atoms with Crippen molar-refractivity contribution >= 4 is 61.4 Å². The maximum Gasteiger partial charge on any atom is 0.363 e. The van der Waals surface area contributed by atoms with Crippen molar-refractivity contribution in [3.63, 3.8) is 0 Å². The van der Waals surface area contributed by atoms with E-state index in [0.717, 1.165) is 15.6 Å². The van der Waals surface area contributed by atoms with Gasteiger partial charge in [0.1, 0.15) is 6.61 Å². The van der Waals surface area contributed by atoms with Crippen molar-refractivity contribution in [1.29, 1.82) is 0 Å². The third-order valence-electron chi connectivity index (χ3n) is 4.56. The molecule has 3 aromatic carbocycles. The van der Waals surface area contributed by atoms with Gasteiger partial charge in [-0.05, 0) is 81.7 Å². The molecular weight excluding hydrogens is 562 g/mol. The number of cyclic esters (lactones) is 1. The molecule has 0 aliphatic carbocycles. The van der Waals surface area contributed by atoms with Crippen molar-refractivity contribution < 1.29 is 19.0 Å². The van der Waals surface area contributed by atoms with E-state index in [9.17, 15) is 4.79 Å². The summed E-state index contributed by atoms with van der Waals surface area (Å²) in [6.07, 6.45) is 1.64. The van der Waals surface area contributed by atoms with Gasteiger partial charge in [-0.25, -0.2) is 9.79 Å². The van der Waals surface area contributed by atoms with Gasteiger partial charge in [-0.2, -0.15) is 0 Å². The topological polar surface area (TPSA) is 57.1 Å². The first kappa shape index (κ1) is 22.6. The Bertz CT molecular complexity index is 1220. The number of ether oxygens (including phenoxy) is 3. The second-order valence-corrected chi connectivity index (χ2v) is 9.00. The summed E-state index contributed by atoms with van der Waals surface area (Å²) in [5.74, 6) is 0.824. The van der Waals surface area contributed by atoms with Crippen LogP contribution in [0.3, 0.4) is 0 Å². The van der Waals surface area contributed by atoms with Crippen LogP contribution in [-0.2, 0) is 16.1 Å². The van der Waals surface area contributed by atoms with Gasteiger partial charge in [-0.3, -0.25) is 0 Å². The number of aliphatic imine (C=N–C) groups is 1. The number of benzene rings is 3. The Kier molecular flexibility index (Phi) is 6.98. The van der Waals surface area contributed by atoms with Crippen molar-refractivity contribution in [3.05, 3.63) is 97.0 Å². The largest absolute Gasteiger partial charge is 0.493 e. The summed E-state index contributed by atoms with van der Waals surface area (Å²) in [4.78, 5) is 16.7. The smallest absolute Gasteiger partial charge is 0.363 e. The molecule has 3 aromatic rings. The number of carbonyl (C=O) groups excluding carboxylic acids is 1. The monoisotopic (exact) mass is 575 g/mol. The lowest BCUT2D eigenvalue weighted by Gasteiger charge is -2.14. The third kappa shape index (κ3) is 5.23. The van der Waals surface area contributed by atoms with Crippen LogP contribution in [-0.4, -0.2) is 19.0 Å². The summed E-state index contributed by atoms with van der Waals surface area (Å²) in [6.45, 7) is 0.347. The first-order valence-electron chi connectivity index (χ1n) is 9.46. The Balaban J connectivity index is 1.58. The zero-order valence-corrected chi connectivity index (χ0v) is 20.7. The summed E-state index contributed by atoms with van der Waals surface area (Å²) in [5, 5.41) is 0.668. The summed E-state index contributed by atoms with van der Waals surface area (Å²) >= 11 is 12.8. The molecule has 0 saturated heterocycles. The van der Waals surface area contributed by atoms with Gasteiger partial charge < -0.3 is 14.2 Å².